The van der Waals surface area contributed by atoms with Crippen molar-refractivity contribution in [3.8, 4) is 22.8 Å². The van der Waals surface area contributed by atoms with Crippen molar-refractivity contribution in [3.05, 3.63) is 63.9 Å². The Kier molecular flexibility index (Phi) is 8.27. The summed E-state index contributed by atoms with van der Waals surface area (Å²) in [5, 5.41) is 6.13. The Bertz CT molecular complexity index is 1930. The van der Waals surface area contributed by atoms with Gasteiger partial charge < -0.3 is 19.1 Å². The molecule has 2 atom stereocenters. The highest BCUT2D eigenvalue weighted by atomic mass is 35.5. The Balaban J connectivity index is 1.26. The van der Waals surface area contributed by atoms with Gasteiger partial charge in [-0.3, -0.25) is 4.98 Å². The molecule has 0 aliphatic carbocycles. The van der Waals surface area contributed by atoms with Crippen molar-refractivity contribution in [1.29, 1.82) is 0 Å². The zero-order valence-corrected chi connectivity index (χ0v) is 28.3. The van der Waals surface area contributed by atoms with Crippen molar-refractivity contribution in [2.45, 2.75) is 38.5 Å². The molecule has 3 fully saturated rings. The molecule has 250 valence electrons. The van der Waals surface area contributed by atoms with E-state index in [1.807, 2.05) is 0 Å². The molecule has 10 nitrogen and oxygen atoms in total. The lowest BCUT2D eigenvalue weighted by molar-refractivity contribution is -0.0365. The van der Waals surface area contributed by atoms with E-state index < -0.39 is 27.8 Å². The smallest absolute Gasteiger partial charge is 0.211 e. The first kappa shape index (κ1) is 32.3. The van der Waals surface area contributed by atoms with E-state index in [9.17, 15) is 8.42 Å². The minimum atomic E-state index is -3.29. The first-order chi connectivity index (χ1) is 22.4. The van der Waals surface area contributed by atoms with E-state index in [1.54, 1.807) is 28.6 Å². The first-order valence-corrected chi connectivity index (χ1v) is 17.8. The molecular weight excluding hydrogens is 675 g/mol. The number of methoxy groups -OCH3 is 1. The Morgan fingerprint density at radius 3 is 2.30 bits per heavy atom. The summed E-state index contributed by atoms with van der Waals surface area (Å²) >= 11 is 12.8. The molecule has 7 rings (SSSR count). The lowest BCUT2D eigenvalue weighted by atomic mass is 9.74. The zero-order chi connectivity index (χ0) is 33.2. The number of benzene rings is 2. The molecule has 0 amide bonds. The van der Waals surface area contributed by atoms with Gasteiger partial charge in [0, 0.05) is 73.2 Å². The molecule has 2 aromatic heterocycles. The summed E-state index contributed by atoms with van der Waals surface area (Å²) in [6, 6.07) is 6.08. The summed E-state index contributed by atoms with van der Waals surface area (Å²) in [4.78, 5) is 5.63. The minimum Gasteiger partial charge on any atom is -0.493 e. The van der Waals surface area contributed by atoms with E-state index in [4.69, 9.17) is 42.5 Å². The van der Waals surface area contributed by atoms with Gasteiger partial charge in [-0.15, -0.1) is 0 Å². The molecule has 2 aromatic carbocycles. The van der Waals surface area contributed by atoms with Crippen LogP contribution >= 0.6 is 23.2 Å². The molecule has 0 N–H and O–H groups in total. The van der Waals surface area contributed by atoms with Gasteiger partial charge in [-0.25, -0.2) is 26.2 Å². The van der Waals surface area contributed by atoms with Gasteiger partial charge in [0.1, 0.15) is 29.1 Å². The van der Waals surface area contributed by atoms with Gasteiger partial charge in [0.05, 0.1) is 28.9 Å². The van der Waals surface area contributed by atoms with Gasteiger partial charge in [0.15, 0.2) is 17.7 Å². The van der Waals surface area contributed by atoms with Gasteiger partial charge >= 0.3 is 0 Å². The number of sulfonamides is 1. The van der Waals surface area contributed by atoms with Crippen molar-refractivity contribution in [2.24, 2.45) is 5.41 Å². The van der Waals surface area contributed by atoms with Crippen LogP contribution in [0.15, 0.2) is 36.7 Å². The number of pyridine rings is 1. The van der Waals surface area contributed by atoms with Crippen molar-refractivity contribution in [3.63, 3.8) is 0 Å². The number of fused-ring (bicyclic) bond motifs is 1. The van der Waals surface area contributed by atoms with Crippen LogP contribution in [0.1, 0.15) is 44.1 Å². The van der Waals surface area contributed by atoms with Gasteiger partial charge in [0.2, 0.25) is 10.0 Å². The maximum atomic E-state index is 15.8. The summed E-state index contributed by atoms with van der Waals surface area (Å²) < 4.78 is 76.4. The van der Waals surface area contributed by atoms with Crippen LogP contribution in [-0.2, 0) is 14.8 Å². The monoisotopic (exact) mass is 707 g/mol. The molecule has 3 aliphatic rings. The summed E-state index contributed by atoms with van der Waals surface area (Å²) in [5.41, 5.74) is 1.38. The van der Waals surface area contributed by atoms with E-state index in [1.165, 1.54) is 35.9 Å². The van der Waals surface area contributed by atoms with Gasteiger partial charge in [0.25, 0.3) is 0 Å². The topological polar surface area (TPSA) is 99.0 Å². The van der Waals surface area contributed by atoms with E-state index >= 15 is 8.78 Å². The molecular formula is C32H33Cl2F2N5O5S. The standard InChI is InChI=1S/C32H33Cl2F2N5O5S/c1-18(29-21(33)12-37-13-22(29)34)46-27-10-20-25(11-26(27)44-2)41(28-6-4-5-7-45-28)38-30(20)19-8-23(35)31(24(36)9-19)39-14-32(15-39)16-40(17-32)47(3,42)43/h8-13,18,28H,4-7,14-17H2,1-3H3/t18-,28?/m1/s1. The third-order valence-electron chi connectivity index (χ3n) is 9.17. The number of rotatable bonds is 8. The minimum absolute atomic E-state index is 0.137. The third-order valence-corrected chi connectivity index (χ3v) is 11.0. The summed E-state index contributed by atoms with van der Waals surface area (Å²) in [6.45, 7) is 3.80. The van der Waals surface area contributed by atoms with Crippen LogP contribution in [0.2, 0.25) is 10.0 Å². The Morgan fingerprint density at radius 1 is 1.02 bits per heavy atom. The second-order valence-electron chi connectivity index (χ2n) is 12.6. The molecule has 3 aliphatic heterocycles. The normalized spacial score (nSPS) is 20.2. The average Bonchev–Trinajstić information content (AvgIpc) is 3.34. The fraction of sp³-hybridized carbons (Fsp3) is 0.438. The molecule has 0 bridgehead atoms. The first-order valence-electron chi connectivity index (χ1n) is 15.2. The number of nitrogens with zero attached hydrogens (tertiary/aromatic N) is 5. The lowest BCUT2D eigenvalue weighted by Crippen LogP contribution is -2.73. The molecule has 1 spiro atoms. The second kappa shape index (κ2) is 12.0. The molecule has 47 heavy (non-hydrogen) atoms. The molecule has 1 unspecified atom stereocenters. The van der Waals surface area contributed by atoms with Crippen LogP contribution in [0.25, 0.3) is 22.2 Å². The molecule has 0 saturated carbocycles. The second-order valence-corrected chi connectivity index (χ2v) is 15.4. The third kappa shape index (κ3) is 5.79. The van der Waals surface area contributed by atoms with E-state index in [2.05, 4.69) is 4.98 Å². The lowest BCUT2D eigenvalue weighted by Gasteiger charge is -2.60. The predicted octanol–water partition coefficient (Wildman–Crippen LogP) is 6.61. The maximum absolute atomic E-state index is 15.8. The van der Waals surface area contributed by atoms with Crippen molar-refractivity contribution in [2.75, 3.05) is 51.1 Å². The van der Waals surface area contributed by atoms with Gasteiger partial charge in [-0.2, -0.15) is 5.10 Å². The van der Waals surface area contributed by atoms with E-state index in [-0.39, 0.29) is 22.9 Å². The van der Waals surface area contributed by atoms with Crippen LogP contribution in [0.3, 0.4) is 0 Å². The number of anilines is 1. The van der Waals surface area contributed by atoms with Crippen LogP contribution < -0.4 is 14.4 Å². The van der Waals surface area contributed by atoms with E-state index in [0.717, 1.165) is 25.5 Å². The van der Waals surface area contributed by atoms with Gasteiger partial charge in [-0.05, 0) is 44.4 Å². The summed E-state index contributed by atoms with van der Waals surface area (Å²) in [6.07, 6.45) is 5.77. The highest BCUT2D eigenvalue weighted by Crippen LogP contribution is 2.46. The molecule has 4 aromatic rings. The molecule has 3 saturated heterocycles. The molecule has 15 heteroatoms. The van der Waals surface area contributed by atoms with Crippen molar-refractivity contribution in [1.82, 2.24) is 19.1 Å². The number of hydrogen-bond donors (Lipinski definition) is 0. The number of halogens is 4. The van der Waals surface area contributed by atoms with E-state index in [0.29, 0.717) is 76.5 Å². The highest BCUT2D eigenvalue weighted by molar-refractivity contribution is 7.88. The highest BCUT2D eigenvalue weighted by Gasteiger charge is 2.55. The number of aromatic nitrogens is 3. The fourth-order valence-electron chi connectivity index (χ4n) is 6.87. The Labute approximate surface area is 281 Å². The maximum Gasteiger partial charge on any atom is 0.211 e. The summed E-state index contributed by atoms with van der Waals surface area (Å²) in [7, 11) is -1.76. The SMILES string of the molecule is COc1cc2c(cc1O[C@H](C)c1c(Cl)cncc1Cl)c(-c1cc(F)c(N3CC4(C3)CN(S(C)(=O)=O)C4)c(F)c1)nn2C1CCCCO1. The summed E-state index contributed by atoms with van der Waals surface area (Å²) in [5.74, 6) is -0.689. The largest absolute Gasteiger partial charge is 0.493 e. The van der Waals surface area contributed by atoms with Crippen molar-refractivity contribution < 1.29 is 31.4 Å². The van der Waals surface area contributed by atoms with Gasteiger partial charge in [-0.1, -0.05) is 23.2 Å². The number of hydrogen-bond acceptors (Lipinski definition) is 8. The Hall–Kier alpha value is -3.23. The zero-order valence-electron chi connectivity index (χ0n) is 26.0. The Morgan fingerprint density at radius 2 is 1.70 bits per heavy atom. The fourth-order valence-corrected chi connectivity index (χ4v) is 8.55. The van der Waals surface area contributed by atoms with Crippen LogP contribution in [0.5, 0.6) is 11.5 Å². The predicted molar refractivity (Wildman–Crippen MR) is 175 cm³/mol. The van der Waals surface area contributed by atoms with Crippen molar-refractivity contribution >= 4 is 49.8 Å². The van der Waals surface area contributed by atoms with Crippen LogP contribution in [-0.4, -0.2) is 73.6 Å². The quantitative estimate of drug-likeness (QED) is 0.202. The molecule has 0 radical (unpaired) electrons. The van der Waals surface area contributed by atoms with Crippen LogP contribution in [0.4, 0.5) is 14.5 Å². The molecule has 5 heterocycles. The number of ether oxygens (including phenoxy) is 3. The van der Waals surface area contributed by atoms with Crippen LogP contribution in [0, 0.1) is 17.0 Å². The average molecular weight is 709 g/mol.